The number of ether oxygens (including phenoxy) is 1. The van der Waals surface area contributed by atoms with Crippen molar-refractivity contribution in [1.82, 2.24) is 9.55 Å². The van der Waals surface area contributed by atoms with Gasteiger partial charge in [-0.15, -0.1) is 11.6 Å². The van der Waals surface area contributed by atoms with Crippen molar-refractivity contribution in [3.8, 4) is 0 Å². The molecule has 25 heavy (non-hydrogen) atoms. The Morgan fingerprint density at radius 2 is 2.28 bits per heavy atom. The number of phosphoric acid groups is 1. The highest BCUT2D eigenvalue weighted by atomic mass is 35.5. The van der Waals surface area contributed by atoms with Gasteiger partial charge in [0.1, 0.15) is 17.1 Å². The van der Waals surface area contributed by atoms with Gasteiger partial charge in [0, 0.05) is 12.3 Å². The largest absolute Gasteiger partial charge is 0.475 e. The second-order valence-corrected chi connectivity index (χ2v) is 8.68. The van der Waals surface area contributed by atoms with Crippen LogP contribution in [0.1, 0.15) is 33.4 Å². The van der Waals surface area contributed by atoms with Gasteiger partial charge in [0.15, 0.2) is 6.23 Å². The van der Waals surface area contributed by atoms with Crippen LogP contribution in [0.15, 0.2) is 21.9 Å². The van der Waals surface area contributed by atoms with Crippen molar-refractivity contribution in [1.29, 1.82) is 0 Å². The molecule has 0 aromatic carbocycles. The molecule has 11 heteroatoms. The van der Waals surface area contributed by atoms with E-state index in [0.29, 0.717) is 6.42 Å². The molecule has 0 radical (unpaired) electrons. The SMILES string of the molecule is CC[C@@H](C)O[P@]1(=O)OC[C@H]2O[C@@H](n3ccc(=O)[nH]c3=O)[C@](C)(Cl)[C@@H]2O1. The van der Waals surface area contributed by atoms with Crippen molar-refractivity contribution >= 4 is 19.4 Å². The maximum absolute atomic E-state index is 12.7. The van der Waals surface area contributed by atoms with Crippen LogP contribution in [-0.2, 0) is 22.9 Å². The minimum Gasteiger partial charge on any atom is -0.347 e. The maximum atomic E-state index is 12.7. The molecule has 2 saturated heterocycles. The van der Waals surface area contributed by atoms with E-state index in [-0.39, 0.29) is 12.7 Å². The van der Waals surface area contributed by atoms with Gasteiger partial charge in [0.05, 0.1) is 12.7 Å². The van der Waals surface area contributed by atoms with Crippen LogP contribution in [0, 0.1) is 0 Å². The van der Waals surface area contributed by atoms with Crippen molar-refractivity contribution < 1.29 is 22.9 Å². The van der Waals surface area contributed by atoms with Crippen LogP contribution >= 0.6 is 19.4 Å². The predicted octanol–water partition coefficient (Wildman–Crippen LogP) is 1.77. The molecule has 2 aliphatic heterocycles. The highest BCUT2D eigenvalue weighted by molar-refractivity contribution is 7.48. The second kappa shape index (κ2) is 6.64. The van der Waals surface area contributed by atoms with Crippen molar-refractivity contribution in [2.75, 3.05) is 6.61 Å². The van der Waals surface area contributed by atoms with Crippen LogP contribution in [-0.4, -0.2) is 39.3 Å². The van der Waals surface area contributed by atoms with Gasteiger partial charge in [0.2, 0.25) is 0 Å². The summed E-state index contributed by atoms with van der Waals surface area (Å²) in [4.78, 5) is 24.2. The molecule has 6 atom stereocenters. The standard InChI is InChI=1S/C14H20ClN2O7P/c1-4-8(2)23-25(20)21-7-9-11(24-25)14(3,15)12(22-9)17-6-5-10(18)16-13(17)19/h5-6,8-9,11-12H,4,7H2,1-3H3,(H,16,18,19)/t8-,9-,11-,12-,14-,25+/m1/s1. The summed E-state index contributed by atoms with van der Waals surface area (Å²) in [6, 6.07) is 1.19. The molecule has 1 aromatic rings. The molecule has 2 fully saturated rings. The summed E-state index contributed by atoms with van der Waals surface area (Å²) in [6.07, 6.45) is -0.777. The number of rotatable bonds is 4. The van der Waals surface area contributed by atoms with Gasteiger partial charge in [-0.3, -0.25) is 27.9 Å². The summed E-state index contributed by atoms with van der Waals surface area (Å²) in [5.41, 5.74) is -1.19. The van der Waals surface area contributed by atoms with Gasteiger partial charge in [-0.25, -0.2) is 9.36 Å². The Morgan fingerprint density at radius 3 is 2.92 bits per heavy atom. The minimum atomic E-state index is -3.78. The fraction of sp³-hybridized carbons (Fsp3) is 0.714. The van der Waals surface area contributed by atoms with E-state index in [1.54, 1.807) is 13.8 Å². The highest BCUT2D eigenvalue weighted by Crippen LogP contribution is 2.60. The third kappa shape index (κ3) is 3.49. The number of H-pyrrole nitrogens is 1. The Kier molecular flexibility index (Phi) is 5.00. The fourth-order valence-electron chi connectivity index (χ4n) is 2.81. The van der Waals surface area contributed by atoms with Crippen LogP contribution in [0.3, 0.4) is 0 Å². The maximum Gasteiger partial charge on any atom is 0.475 e. The second-order valence-electron chi connectivity index (χ2n) is 6.29. The molecule has 0 unspecified atom stereocenters. The first kappa shape index (κ1) is 18.8. The molecular formula is C14H20ClN2O7P. The Morgan fingerprint density at radius 1 is 1.56 bits per heavy atom. The Balaban J connectivity index is 1.88. The van der Waals surface area contributed by atoms with Gasteiger partial charge < -0.3 is 4.74 Å². The third-order valence-corrected chi connectivity index (χ3v) is 6.28. The Hall–Kier alpha value is -0.960. The number of nitrogens with zero attached hydrogens (tertiary/aromatic N) is 1. The summed E-state index contributed by atoms with van der Waals surface area (Å²) in [7, 11) is -3.78. The Bertz CT molecular complexity index is 807. The molecule has 3 heterocycles. The first-order chi connectivity index (χ1) is 11.7. The van der Waals surface area contributed by atoms with E-state index in [2.05, 4.69) is 4.98 Å². The molecule has 0 bridgehead atoms. The Labute approximate surface area is 148 Å². The molecule has 9 nitrogen and oxygen atoms in total. The molecule has 140 valence electrons. The summed E-state index contributed by atoms with van der Waals surface area (Å²) in [6.45, 7) is 5.20. The van der Waals surface area contributed by atoms with E-state index in [1.165, 1.54) is 12.3 Å². The molecular weight excluding hydrogens is 375 g/mol. The number of hydrogen-bond donors (Lipinski definition) is 1. The smallest absolute Gasteiger partial charge is 0.347 e. The van der Waals surface area contributed by atoms with Crippen LogP contribution < -0.4 is 11.2 Å². The van der Waals surface area contributed by atoms with Crippen molar-refractivity contribution in [3.63, 3.8) is 0 Å². The fourth-order valence-corrected chi connectivity index (χ4v) is 4.93. The van der Waals surface area contributed by atoms with E-state index in [4.69, 9.17) is 29.9 Å². The van der Waals surface area contributed by atoms with Crippen molar-refractivity contribution in [2.24, 2.45) is 0 Å². The van der Waals surface area contributed by atoms with Gasteiger partial charge >= 0.3 is 13.5 Å². The number of nitrogens with one attached hydrogen (secondary N) is 1. The van der Waals surface area contributed by atoms with Crippen LogP contribution in [0.2, 0.25) is 0 Å². The third-order valence-electron chi connectivity index (χ3n) is 4.31. The van der Waals surface area contributed by atoms with E-state index >= 15 is 0 Å². The summed E-state index contributed by atoms with van der Waals surface area (Å²) >= 11 is 6.62. The molecule has 3 rings (SSSR count). The summed E-state index contributed by atoms with van der Waals surface area (Å²) in [5.74, 6) is 0. The summed E-state index contributed by atoms with van der Waals surface area (Å²) in [5, 5.41) is 0. The van der Waals surface area contributed by atoms with Crippen LogP contribution in [0.4, 0.5) is 0 Å². The lowest BCUT2D eigenvalue weighted by Crippen LogP contribution is -2.45. The molecule has 0 spiro atoms. The quantitative estimate of drug-likeness (QED) is 0.612. The zero-order chi connectivity index (χ0) is 18.4. The number of phosphoric ester groups is 1. The lowest BCUT2D eigenvalue weighted by molar-refractivity contribution is -0.0756. The van der Waals surface area contributed by atoms with Crippen LogP contribution in [0.5, 0.6) is 0 Å². The lowest BCUT2D eigenvalue weighted by Gasteiger charge is -2.35. The van der Waals surface area contributed by atoms with Gasteiger partial charge in [-0.2, -0.15) is 0 Å². The van der Waals surface area contributed by atoms with Gasteiger partial charge in [-0.1, -0.05) is 6.92 Å². The predicted molar refractivity (Wildman–Crippen MR) is 88.8 cm³/mol. The van der Waals surface area contributed by atoms with Gasteiger partial charge in [-0.05, 0) is 20.3 Å². The van der Waals surface area contributed by atoms with E-state index < -0.39 is 42.4 Å². The van der Waals surface area contributed by atoms with E-state index in [1.807, 2.05) is 6.92 Å². The molecule has 2 aliphatic rings. The number of aromatic amines is 1. The molecule has 0 aliphatic carbocycles. The van der Waals surface area contributed by atoms with Crippen molar-refractivity contribution in [2.45, 2.75) is 56.6 Å². The van der Waals surface area contributed by atoms with Gasteiger partial charge in [0.25, 0.3) is 5.56 Å². The average Bonchev–Trinajstić information content (AvgIpc) is 2.78. The monoisotopic (exact) mass is 394 g/mol. The molecule has 0 saturated carbocycles. The average molecular weight is 395 g/mol. The number of aromatic nitrogens is 2. The van der Waals surface area contributed by atoms with E-state index in [0.717, 1.165) is 4.57 Å². The normalized spacial score (nSPS) is 39.1. The lowest BCUT2D eigenvalue weighted by atomic mass is 10.0. The number of fused-ring (bicyclic) bond motifs is 1. The zero-order valence-corrected chi connectivity index (χ0v) is 15.7. The first-order valence-corrected chi connectivity index (χ1v) is 9.77. The summed E-state index contributed by atoms with van der Waals surface area (Å²) < 4.78 is 35.9. The minimum absolute atomic E-state index is 0.0463. The highest BCUT2D eigenvalue weighted by Gasteiger charge is 2.60. The van der Waals surface area contributed by atoms with Crippen molar-refractivity contribution in [3.05, 3.63) is 33.1 Å². The van der Waals surface area contributed by atoms with E-state index in [9.17, 15) is 14.2 Å². The number of alkyl halides is 1. The first-order valence-electron chi connectivity index (χ1n) is 7.93. The topological polar surface area (TPSA) is 109 Å². The zero-order valence-electron chi connectivity index (χ0n) is 14.0. The number of hydrogen-bond acceptors (Lipinski definition) is 7. The molecule has 1 aromatic heterocycles. The van der Waals surface area contributed by atoms with Crippen LogP contribution in [0.25, 0.3) is 0 Å². The molecule has 1 N–H and O–H groups in total. The molecule has 0 amide bonds. The number of halogens is 1.